The number of thiocarbonyl (C=S) groups is 1. The van der Waals surface area contributed by atoms with E-state index in [9.17, 15) is 0 Å². The van der Waals surface area contributed by atoms with Crippen LogP contribution in [-0.4, -0.2) is 14.8 Å². The van der Waals surface area contributed by atoms with Gasteiger partial charge < -0.3 is 11.1 Å². The lowest BCUT2D eigenvalue weighted by atomic mass is 10.1. The molecule has 0 radical (unpaired) electrons. The number of anilines is 2. The molecule has 0 amide bonds. The number of aryl methyl sites for hydroxylation is 1. The number of hydrogen-bond acceptors (Lipinski definition) is 3. The highest BCUT2D eigenvalue weighted by molar-refractivity contribution is 9.10. The fourth-order valence-electron chi connectivity index (χ4n) is 1.52. The summed E-state index contributed by atoms with van der Waals surface area (Å²) in [5, 5.41) is 7.32. The zero-order valence-corrected chi connectivity index (χ0v) is 11.5. The van der Waals surface area contributed by atoms with E-state index in [-0.39, 0.29) is 0 Å². The predicted octanol–water partition coefficient (Wildman–Crippen LogP) is 2.56. The maximum atomic E-state index is 5.71. The van der Waals surface area contributed by atoms with E-state index in [4.69, 9.17) is 18.0 Å². The quantitative estimate of drug-likeness (QED) is 0.856. The Morgan fingerprint density at radius 1 is 1.53 bits per heavy atom. The van der Waals surface area contributed by atoms with E-state index in [1.165, 1.54) is 0 Å². The summed E-state index contributed by atoms with van der Waals surface area (Å²) in [5.41, 5.74) is 8.27. The highest BCUT2D eigenvalue weighted by Crippen LogP contribution is 2.27. The first kappa shape index (κ1) is 12.1. The smallest absolute Gasteiger partial charge is 0.107 e. The fraction of sp³-hybridized carbons (Fsp3) is 0.0909. The molecule has 17 heavy (non-hydrogen) atoms. The largest absolute Gasteiger partial charge is 0.389 e. The van der Waals surface area contributed by atoms with Crippen LogP contribution in [0.2, 0.25) is 0 Å². The first-order valence-electron chi connectivity index (χ1n) is 4.92. The van der Waals surface area contributed by atoms with Crippen LogP contribution in [0.3, 0.4) is 0 Å². The monoisotopic (exact) mass is 310 g/mol. The molecule has 0 unspecified atom stereocenters. The molecule has 88 valence electrons. The molecule has 1 aromatic carbocycles. The maximum absolute atomic E-state index is 5.71. The van der Waals surface area contributed by atoms with Crippen LogP contribution < -0.4 is 11.1 Å². The molecule has 0 aliphatic heterocycles. The van der Waals surface area contributed by atoms with Crippen LogP contribution in [0.5, 0.6) is 0 Å². The average Bonchev–Trinajstić information content (AvgIpc) is 2.63. The molecule has 0 spiro atoms. The summed E-state index contributed by atoms with van der Waals surface area (Å²) in [4.78, 5) is 0.351. The Bertz CT molecular complexity index is 564. The van der Waals surface area contributed by atoms with Crippen LogP contribution in [0, 0.1) is 0 Å². The van der Waals surface area contributed by atoms with Gasteiger partial charge in [0, 0.05) is 29.0 Å². The van der Waals surface area contributed by atoms with Crippen molar-refractivity contribution in [3.63, 3.8) is 0 Å². The van der Waals surface area contributed by atoms with E-state index in [1.54, 1.807) is 10.9 Å². The molecular weight excluding hydrogens is 300 g/mol. The number of hydrogen-bond donors (Lipinski definition) is 2. The third-order valence-electron chi connectivity index (χ3n) is 2.24. The standard InChI is InChI=1S/C11H11BrN4S/c1-16-6-7(5-14-16)15-9-4-2-3-8(12)10(9)11(13)17/h2-6,15H,1H3,(H2,13,17). The fourth-order valence-corrected chi connectivity index (χ4v) is 2.45. The third-order valence-corrected chi connectivity index (χ3v) is 3.11. The minimum absolute atomic E-state index is 0.351. The maximum Gasteiger partial charge on any atom is 0.107 e. The molecule has 0 fully saturated rings. The van der Waals surface area contributed by atoms with Crippen molar-refractivity contribution in [2.75, 3.05) is 5.32 Å². The lowest BCUT2D eigenvalue weighted by molar-refractivity contribution is 0.768. The predicted molar refractivity (Wildman–Crippen MR) is 76.5 cm³/mol. The van der Waals surface area contributed by atoms with Crippen LogP contribution in [0.15, 0.2) is 35.1 Å². The molecule has 0 aliphatic rings. The summed E-state index contributed by atoms with van der Waals surface area (Å²) in [6, 6.07) is 5.75. The van der Waals surface area contributed by atoms with Gasteiger partial charge in [-0.05, 0) is 28.1 Å². The SMILES string of the molecule is Cn1cc(Nc2cccc(Br)c2C(N)=S)cn1. The number of nitrogens with zero attached hydrogens (tertiary/aromatic N) is 2. The molecule has 0 saturated heterocycles. The molecule has 0 bridgehead atoms. The van der Waals surface area contributed by atoms with E-state index < -0.39 is 0 Å². The van der Waals surface area contributed by atoms with Gasteiger partial charge in [-0.2, -0.15) is 5.10 Å². The Morgan fingerprint density at radius 3 is 2.88 bits per heavy atom. The summed E-state index contributed by atoms with van der Waals surface area (Å²) < 4.78 is 2.60. The van der Waals surface area contributed by atoms with Crippen LogP contribution in [-0.2, 0) is 7.05 Å². The average molecular weight is 311 g/mol. The number of benzene rings is 1. The normalized spacial score (nSPS) is 10.2. The molecule has 0 aliphatic carbocycles. The van der Waals surface area contributed by atoms with Crippen LogP contribution >= 0.6 is 28.1 Å². The summed E-state index contributed by atoms with van der Waals surface area (Å²) in [6.07, 6.45) is 3.62. The highest BCUT2D eigenvalue weighted by atomic mass is 79.9. The number of halogens is 1. The van der Waals surface area contributed by atoms with E-state index >= 15 is 0 Å². The number of nitrogens with two attached hydrogens (primary N) is 1. The molecule has 1 heterocycles. The van der Waals surface area contributed by atoms with E-state index in [1.807, 2.05) is 31.4 Å². The lowest BCUT2D eigenvalue weighted by Crippen LogP contribution is -2.12. The van der Waals surface area contributed by atoms with Gasteiger partial charge in [0.15, 0.2) is 0 Å². The summed E-state index contributed by atoms with van der Waals surface area (Å²) >= 11 is 8.48. The lowest BCUT2D eigenvalue weighted by Gasteiger charge is -2.11. The molecule has 3 N–H and O–H groups in total. The molecule has 2 rings (SSSR count). The van der Waals surface area contributed by atoms with Gasteiger partial charge in [-0.15, -0.1) is 0 Å². The van der Waals surface area contributed by atoms with Gasteiger partial charge in [-0.3, -0.25) is 4.68 Å². The van der Waals surface area contributed by atoms with Crippen molar-refractivity contribution in [1.82, 2.24) is 9.78 Å². The zero-order chi connectivity index (χ0) is 12.4. The summed E-state index contributed by atoms with van der Waals surface area (Å²) in [6.45, 7) is 0. The van der Waals surface area contributed by atoms with E-state index in [2.05, 4.69) is 26.3 Å². The second kappa shape index (κ2) is 4.85. The van der Waals surface area contributed by atoms with Crippen molar-refractivity contribution in [3.8, 4) is 0 Å². The van der Waals surface area contributed by atoms with Gasteiger partial charge in [0.2, 0.25) is 0 Å². The molecule has 0 saturated carbocycles. The molecule has 0 atom stereocenters. The Kier molecular flexibility index (Phi) is 3.44. The van der Waals surface area contributed by atoms with Crippen LogP contribution in [0.4, 0.5) is 11.4 Å². The molecule has 4 nitrogen and oxygen atoms in total. The van der Waals surface area contributed by atoms with E-state index in [0.29, 0.717) is 4.99 Å². The Balaban J connectivity index is 2.39. The number of aromatic nitrogens is 2. The van der Waals surface area contributed by atoms with E-state index in [0.717, 1.165) is 21.4 Å². The van der Waals surface area contributed by atoms with Crippen molar-refractivity contribution in [3.05, 3.63) is 40.6 Å². The van der Waals surface area contributed by atoms with Gasteiger partial charge in [0.1, 0.15) is 4.99 Å². The van der Waals surface area contributed by atoms with Crippen LogP contribution in [0.25, 0.3) is 0 Å². The number of nitrogens with one attached hydrogen (secondary N) is 1. The van der Waals surface area contributed by atoms with Crippen LogP contribution in [0.1, 0.15) is 5.56 Å². The topological polar surface area (TPSA) is 55.9 Å². The second-order valence-electron chi connectivity index (χ2n) is 3.55. The molecule has 2 aromatic rings. The first-order valence-corrected chi connectivity index (χ1v) is 6.12. The van der Waals surface area contributed by atoms with Gasteiger partial charge >= 0.3 is 0 Å². The highest BCUT2D eigenvalue weighted by Gasteiger charge is 2.09. The minimum Gasteiger partial charge on any atom is -0.389 e. The Labute approximate surface area is 113 Å². The Morgan fingerprint density at radius 2 is 2.29 bits per heavy atom. The van der Waals surface area contributed by atoms with Crippen molar-refractivity contribution >= 4 is 44.5 Å². The van der Waals surface area contributed by atoms with Gasteiger partial charge in [0.05, 0.1) is 11.9 Å². The van der Waals surface area contributed by atoms with Crippen molar-refractivity contribution in [2.24, 2.45) is 12.8 Å². The van der Waals surface area contributed by atoms with Crippen molar-refractivity contribution in [1.29, 1.82) is 0 Å². The summed E-state index contributed by atoms with van der Waals surface area (Å²) in [7, 11) is 1.86. The van der Waals surface area contributed by atoms with Gasteiger partial charge in [0.25, 0.3) is 0 Å². The molecular formula is C11H11BrN4S. The van der Waals surface area contributed by atoms with Crippen molar-refractivity contribution < 1.29 is 0 Å². The third kappa shape index (κ3) is 2.65. The van der Waals surface area contributed by atoms with Crippen molar-refractivity contribution in [2.45, 2.75) is 0 Å². The molecule has 6 heteroatoms. The zero-order valence-electron chi connectivity index (χ0n) is 9.14. The number of rotatable bonds is 3. The summed E-state index contributed by atoms with van der Waals surface area (Å²) in [5.74, 6) is 0. The second-order valence-corrected chi connectivity index (χ2v) is 4.85. The van der Waals surface area contributed by atoms with Gasteiger partial charge in [-0.1, -0.05) is 18.3 Å². The van der Waals surface area contributed by atoms with Gasteiger partial charge in [-0.25, -0.2) is 0 Å². The first-order chi connectivity index (χ1) is 8.08. The minimum atomic E-state index is 0.351. The molecule has 1 aromatic heterocycles. The Hall–Kier alpha value is -1.40.